The summed E-state index contributed by atoms with van der Waals surface area (Å²) in [5.41, 5.74) is 0.993. The average Bonchev–Trinajstić information content (AvgIpc) is 2.52. The van der Waals surface area contributed by atoms with Crippen LogP contribution in [0.2, 0.25) is 0 Å². The summed E-state index contributed by atoms with van der Waals surface area (Å²) in [7, 11) is 0. The zero-order valence-electron chi connectivity index (χ0n) is 13.8. The van der Waals surface area contributed by atoms with Crippen molar-refractivity contribution in [1.82, 2.24) is 15.5 Å². The van der Waals surface area contributed by atoms with E-state index in [-0.39, 0.29) is 11.9 Å². The average molecular weight is 339 g/mol. The van der Waals surface area contributed by atoms with Crippen molar-refractivity contribution in [2.24, 2.45) is 5.92 Å². The summed E-state index contributed by atoms with van der Waals surface area (Å²) < 4.78 is 18.6. The van der Waals surface area contributed by atoms with Crippen LogP contribution in [0.5, 0.6) is 0 Å². The standard InChI is InChI=1S/C17H26FN3OS/c1-13(2)11-21-7-8-22-16(12-21)10-20-17(23)19-9-14-3-5-15(18)6-4-14/h3-6,13,16H,7-12H2,1-2H3,(H2,19,20,23)/t16-/m0/s1. The predicted molar refractivity (Wildman–Crippen MR) is 94.9 cm³/mol. The maximum atomic E-state index is 12.8. The highest BCUT2D eigenvalue weighted by molar-refractivity contribution is 7.80. The Hall–Kier alpha value is -1.24. The second-order valence-corrected chi connectivity index (χ2v) is 6.74. The van der Waals surface area contributed by atoms with Crippen molar-refractivity contribution >= 4 is 17.3 Å². The van der Waals surface area contributed by atoms with Crippen molar-refractivity contribution in [2.75, 3.05) is 32.8 Å². The van der Waals surface area contributed by atoms with E-state index in [2.05, 4.69) is 29.4 Å². The minimum absolute atomic E-state index is 0.160. The van der Waals surface area contributed by atoms with E-state index in [9.17, 15) is 4.39 Å². The van der Waals surface area contributed by atoms with Crippen molar-refractivity contribution in [2.45, 2.75) is 26.5 Å². The van der Waals surface area contributed by atoms with E-state index in [1.807, 2.05) is 0 Å². The third-order valence-corrected chi connectivity index (χ3v) is 3.99. The number of benzene rings is 1. The van der Waals surface area contributed by atoms with Gasteiger partial charge in [-0.05, 0) is 35.8 Å². The Morgan fingerprint density at radius 1 is 1.35 bits per heavy atom. The summed E-state index contributed by atoms with van der Waals surface area (Å²) >= 11 is 5.28. The smallest absolute Gasteiger partial charge is 0.166 e. The van der Waals surface area contributed by atoms with Gasteiger partial charge in [-0.25, -0.2) is 4.39 Å². The number of ether oxygens (including phenoxy) is 1. The van der Waals surface area contributed by atoms with Crippen molar-refractivity contribution in [1.29, 1.82) is 0 Å². The van der Waals surface area contributed by atoms with E-state index in [1.165, 1.54) is 12.1 Å². The SMILES string of the molecule is CC(C)CN1CCO[C@@H](CNC(=S)NCc2ccc(F)cc2)C1. The van der Waals surface area contributed by atoms with Crippen LogP contribution in [-0.4, -0.2) is 48.9 Å². The van der Waals surface area contributed by atoms with E-state index in [4.69, 9.17) is 17.0 Å². The molecular weight excluding hydrogens is 313 g/mol. The molecule has 4 nitrogen and oxygen atoms in total. The fourth-order valence-corrected chi connectivity index (χ4v) is 2.80. The van der Waals surface area contributed by atoms with Gasteiger partial charge in [0.1, 0.15) is 5.82 Å². The minimum atomic E-state index is -0.227. The molecule has 0 bridgehead atoms. The summed E-state index contributed by atoms with van der Waals surface area (Å²) in [6.45, 7) is 9.56. The number of nitrogens with one attached hydrogen (secondary N) is 2. The van der Waals surface area contributed by atoms with Gasteiger partial charge in [-0.3, -0.25) is 4.90 Å². The molecule has 1 heterocycles. The Bertz CT molecular complexity index is 495. The van der Waals surface area contributed by atoms with E-state index in [0.29, 0.717) is 24.1 Å². The molecule has 1 saturated heterocycles. The van der Waals surface area contributed by atoms with Crippen LogP contribution < -0.4 is 10.6 Å². The Labute approximate surface area is 143 Å². The van der Waals surface area contributed by atoms with Gasteiger partial charge in [0.15, 0.2) is 5.11 Å². The second kappa shape index (κ2) is 9.15. The van der Waals surface area contributed by atoms with Gasteiger partial charge in [0.25, 0.3) is 0 Å². The quantitative estimate of drug-likeness (QED) is 0.777. The summed E-state index contributed by atoms with van der Waals surface area (Å²) in [6, 6.07) is 6.40. The lowest BCUT2D eigenvalue weighted by atomic mass is 10.2. The molecule has 0 radical (unpaired) electrons. The molecule has 0 saturated carbocycles. The third-order valence-electron chi connectivity index (χ3n) is 3.70. The molecule has 1 fully saturated rings. The molecule has 0 amide bonds. The Balaban J connectivity index is 1.66. The van der Waals surface area contributed by atoms with E-state index >= 15 is 0 Å². The minimum Gasteiger partial charge on any atom is -0.374 e. The summed E-state index contributed by atoms with van der Waals surface area (Å²) in [5, 5.41) is 6.93. The number of thiocarbonyl (C=S) groups is 1. The van der Waals surface area contributed by atoms with E-state index < -0.39 is 0 Å². The maximum absolute atomic E-state index is 12.8. The van der Waals surface area contributed by atoms with Crippen molar-refractivity contribution in [3.05, 3.63) is 35.6 Å². The van der Waals surface area contributed by atoms with Gasteiger partial charge >= 0.3 is 0 Å². The molecule has 128 valence electrons. The summed E-state index contributed by atoms with van der Waals surface area (Å²) in [4.78, 5) is 2.44. The molecule has 1 aromatic carbocycles. The molecule has 23 heavy (non-hydrogen) atoms. The Morgan fingerprint density at radius 3 is 2.78 bits per heavy atom. The number of rotatable bonds is 6. The molecule has 1 aliphatic rings. The molecule has 1 aliphatic heterocycles. The lowest BCUT2D eigenvalue weighted by molar-refractivity contribution is -0.0283. The third kappa shape index (κ3) is 6.81. The van der Waals surface area contributed by atoms with E-state index in [1.54, 1.807) is 12.1 Å². The molecule has 2 rings (SSSR count). The predicted octanol–water partition coefficient (Wildman–Crippen LogP) is 2.15. The lowest BCUT2D eigenvalue weighted by Crippen LogP contribution is -2.49. The first kappa shape index (κ1) is 18.1. The molecule has 0 aliphatic carbocycles. The van der Waals surface area contributed by atoms with Gasteiger partial charge in [0, 0.05) is 32.7 Å². The zero-order valence-corrected chi connectivity index (χ0v) is 14.7. The van der Waals surface area contributed by atoms with Crippen molar-refractivity contribution in [3.63, 3.8) is 0 Å². The second-order valence-electron chi connectivity index (χ2n) is 6.34. The molecular formula is C17H26FN3OS. The maximum Gasteiger partial charge on any atom is 0.166 e. The van der Waals surface area contributed by atoms with Gasteiger partial charge < -0.3 is 15.4 Å². The first-order valence-corrected chi connectivity index (χ1v) is 8.54. The van der Waals surface area contributed by atoms with Gasteiger partial charge in [-0.15, -0.1) is 0 Å². The van der Waals surface area contributed by atoms with E-state index in [0.717, 1.165) is 31.8 Å². The van der Waals surface area contributed by atoms with Crippen molar-refractivity contribution < 1.29 is 9.13 Å². The summed E-state index contributed by atoms with van der Waals surface area (Å²) in [5.74, 6) is 0.440. The monoisotopic (exact) mass is 339 g/mol. The molecule has 0 unspecified atom stereocenters. The van der Waals surface area contributed by atoms with Crippen LogP contribution in [0.15, 0.2) is 24.3 Å². The van der Waals surface area contributed by atoms with Crippen LogP contribution in [0.25, 0.3) is 0 Å². The number of halogens is 1. The first-order valence-electron chi connectivity index (χ1n) is 8.13. The molecule has 0 aromatic heterocycles. The van der Waals surface area contributed by atoms with Crippen LogP contribution in [0.3, 0.4) is 0 Å². The molecule has 1 aromatic rings. The zero-order chi connectivity index (χ0) is 16.7. The lowest BCUT2D eigenvalue weighted by Gasteiger charge is -2.34. The fraction of sp³-hybridized carbons (Fsp3) is 0.588. The number of nitrogens with zero attached hydrogens (tertiary/aromatic N) is 1. The molecule has 6 heteroatoms. The fourth-order valence-electron chi connectivity index (χ4n) is 2.64. The number of hydrogen-bond acceptors (Lipinski definition) is 3. The van der Waals surface area contributed by atoms with Gasteiger partial charge in [0.2, 0.25) is 0 Å². The topological polar surface area (TPSA) is 36.5 Å². The number of hydrogen-bond donors (Lipinski definition) is 2. The largest absolute Gasteiger partial charge is 0.374 e. The Morgan fingerprint density at radius 2 is 2.09 bits per heavy atom. The summed E-state index contributed by atoms with van der Waals surface area (Å²) in [6.07, 6.45) is 0.160. The highest BCUT2D eigenvalue weighted by Crippen LogP contribution is 2.07. The van der Waals surface area contributed by atoms with Crippen LogP contribution in [0, 0.1) is 11.7 Å². The highest BCUT2D eigenvalue weighted by Gasteiger charge is 2.20. The molecule has 0 spiro atoms. The first-order chi connectivity index (χ1) is 11.0. The van der Waals surface area contributed by atoms with Gasteiger partial charge in [0.05, 0.1) is 12.7 Å². The highest BCUT2D eigenvalue weighted by atomic mass is 32.1. The van der Waals surface area contributed by atoms with Crippen LogP contribution >= 0.6 is 12.2 Å². The van der Waals surface area contributed by atoms with Crippen LogP contribution in [0.4, 0.5) is 4.39 Å². The van der Waals surface area contributed by atoms with Crippen LogP contribution in [0.1, 0.15) is 19.4 Å². The Kier molecular flexibility index (Phi) is 7.20. The normalized spacial score (nSPS) is 18.9. The van der Waals surface area contributed by atoms with Gasteiger partial charge in [-0.1, -0.05) is 26.0 Å². The molecule has 1 atom stereocenters. The van der Waals surface area contributed by atoms with Gasteiger partial charge in [-0.2, -0.15) is 0 Å². The van der Waals surface area contributed by atoms with Crippen molar-refractivity contribution in [3.8, 4) is 0 Å². The van der Waals surface area contributed by atoms with Crippen LogP contribution in [-0.2, 0) is 11.3 Å². The molecule has 2 N–H and O–H groups in total. The number of morpholine rings is 1.